The molecule has 1 N–H and O–H groups in total. The molecular weight excluding hydrogens is 166 g/mol. The van der Waals surface area contributed by atoms with Crippen molar-refractivity contribution >= 4 is 5.97 Å². The van der Waals surface area contributed by atoms with Gasteiger partial charge in [-0.1, -0.05) is 13.3 Å². The third-order valence-electron chi connectivity index (χ3n) is 2.95. The summed E-state index contributed by atoms with van der Waals surface area (Å²) in [7, 11) is 1.46. The highest BCUT2D eigenvalue weighted by Gasteiger charge is 2.25. The van der Waals surface area contributed by atoms with E-state index in [0.29, 0.717) is 18.3 Å². The highest BCUT2D eigenvalue weighted by molar-refractivity contribution is 5.69. The van der Waals surface area contributed by atoms with Crippen LogP contribution in [-0.4, -0.2) is 26.2 Å². The lowest BCUT2D eigenvalue weighted by Gasteiger charge is -2.19. The van der Waals surface area contributed by atoms with Gasteiger partial charge in [0.15, 0.2) is 0 Å². The molecule has 2 atom stereocenters. The maximum Gasteiger partial charge on any atom is 0.305 e. The van der Waals surface area contributed by atoms with Crippen LogP contribution in [0.2, 0.25) is 0 Å². The third-order valence-corrected chi connectivity index (χ3v) is 2.95. The number of hydrogen-bond donors (Lipinski definition) is 1. The number of rotatable bonds is 4. The number of carbonyl (C=O) groups excluding carboxylic acids is 1. The molecule has 1 aliphatic rings. The quantitative estimate of drug-likeness (QED) is 0.668. The van der Waals surface area contributed by atoms with Gasteiger partial charge in [-0.3, -0.25) is 4.79 Å². The molecule has 0 spiro atoms. The summed E-state index contributed by atoms with van der Waals surface area (Å²) in [6.07, 6.45) is 2.86. The molecule has 0 aromatic carbocycles. The fourth-order valence-corrected chi connectivity index (χ4v) is 2.02. The van der Waals surface area contributed by atoms with Crippen LogP contribution in [0.3, 0.4) is 0 Å². The Morgan fingerprint density at radius 1 is 1.69 bits per heavy atom. The van der Waals surface area contributed by atoms with Crippen molar-refractivity contribution in [3.05, 3.63) is 0 Å². The average Bonchev–Trinajstić information content (AvgIpc) is 2.66. The molecule has 3 heteroatoms. The first-order valence-corrected chi connectivity index (χ1v) is 5.05. The summed E-state index contributed by atoms with van der Waals surface area (Å²) in [5.74, 6) is 1.10. The first kappa shape index (κ1) is 10.5. The van der Waals surface area contributed by atoms with Crippen molar-refractivity contribution in [2.75, 3.05) is 20.2 Å². The molecule has 0 radical (unpaired) electrons. The molecule has 0 aromatic rings. The van der Waals surface area contributed by atoms with E-state index in [9.17, 15) is 4.79 Å². The third kappa shape index (κ3) is 2.99. The minimum atomic E-state index is -0.0706. The minimum Gasteiger partial charge on any atom is -0.469 e. The Balaban J connectivity index is 2.37. The first-order valence-electron chi connectivity index (χ1n) is 5.05. The Hall–Kier alpha value is -0.570. The molecule has 1 saturated heterocycles. The predicted molar refractivity (Wildman–Crippen MR) is 51.4 cm³/mol. The van der Waals surface area contributed by atoms with Gasteiger partial charge < -0.3 is 10.1 Å². The summed E-state index contributed by atoms with van der Waals surface area (Å²) >= 11 is 0. The Labute approximate surface area is 79.8 Å². The molecule has 0 bridgehead atoms. The van der Waals surface area contributed by atoms with E-state index in [-0.39, 0.29) is 5.97 Å². The molecule has 1 fully saturated rings. The number of ether oxygens (including phenoxy) is 1. The summed E-state index contributed by atoms with van der Waals surface area (Å²) < 4.78 is 4.68. The fraction of sp³-hybridized carbons (Fsp3) is 0.900. The molecule has 76 valence electrons. The Morgan fingerprint density at radius 3 is 2.92 bits per heavy atom. The van der Waals surface area contributed by atoms with Gasteiger partial charge in [-0.05, 0) is 31.3 Å². The largest absolute Gasteiger partial charge is 0.469 e. The maximum absolute atomic E-state index is 11.1. The summed E-state index contributed by atoms with van der Waals surface area (Å²) in [6.45, 7) is 4.31. The second-order valence-electron chi connectivity index (χ2n) is 3.70. The van der Waals surface area contributed by atoms with Crippen molar-refractivity contribution in [3.8, 4) is 0 Å². The standard InChI is InChI=1S/C10H19NO2/c1-3-8(6-10(12)13-2)9-4-5-11-7-9/h8-9,11H,3-7H2,1-2H3. The molecule has 0 aliphatic carbocycles. The van der Waals surface area contributed by atoms with Gasteiger partial charge in [-0.2, -0.15) is 0 Å². The van der Waals surface area contributed by atoms with Crippen molar-refractivity contribution < 1.29 is 9.53 Å². The Kier molecular flexibility index (Phi) is 4.22. The van der Waals surface area contributed by atoms with Crippen LogP contribution in [0.1, 0.15) is 26.2 Å². The van der Waals surface area contributed by atoms with Gasteiger partial charge >= 0.3 is 5.97 Å². The van der Waals surface area contributed by atoms with E-state index in [4.69, 9.17) is 0 Å². The predicted octanol–water partition coefficient (Wildman–Crippen LogP) is 1.19. The van der Waals surface area contributed by atoms with Crippen LogP contribution >= 0.6 is 0 Å². The lowest BCUT2D eigenvalue weighted by atomic mass is 9.87. The van der Waals surface area contributed by atoms with E-state index in [1.807, 2.05) is 0 Å². The van der Waals surface area contributed by atoms with Crippen molar-refractivity contribution in [1.82, 2.24) is 5.32 Å². The summed E-state index contributed by atoms with van der Waals surface area (Å²) in [5.41, 5.74) is 0. The molecule has 3 nitrogen and oxygen atoms in total. The van der Waals surface area contributed by atoms with Crippen LogP contribution in [0.25, 0.3) is 0 Å². The van der Waals surface area contributed by atoms with E-state index >= 15 is 0 Å². The Morgan fingerprint density at radius 2 is 2.46 bits per heavy atom. The van der Waals surface area contributed by atoms with E-state index in [1.165, 1.54) is 13.5 Å². The summed E-state index contributed by atoms with van der Waals surface area (Å²) in [4.78, 5) is 11.1. The summed E-state index contributed by atoms with van der Waals surface area (Å²) in [5, 5.41) is 3.33. The first-order chi connectivity index (χ1) is 6.27. The number of hydrogen-bond acceptors (Lipinski definition) is 3. The molecule has 0 amide bonds. The molecule has 1 aliphatic heterocycles. The van der Waals surface area contributed by atoms with Crippen molar-refractivity contribution in [1.29, 1.82) is 0 Å². The molecular formula is C10H19NO2. The van der Waals surface area contributed by atoms with Gasteiger partial charge in [0.05, 0.1) is 7.11 Å². The van der Waals surface area contributed by atoms with Gasteiger partial charge in [0.2, 0.25) is 0 Å². The molecule has 0 aromatic heterocycles. The van der Waals surface area contributed by atoms with E-state index in [2.05, 4.69) is 17.0 Å². The highest BCUT2D eigenvalue weighted by atomic mass is 16.5. The lowest BCUT2D eigenvalue weighted by Crippen LogP contribution is -2.20. The number of esters is 1. The van der Waals surface area contributed by atoms with Crippen LogP contribution in [0, 0.1) is 11.8 Å². The number of carbonyl (C=O) groups is 1. The topological polar surface area (TPSA) is 38.3 Å². The number of nitrogens with one attached hydrogen (secondary N) is 1. The smallest absolute Gasteiger partial charge is 0.305 e. The normalized spacial score (nSPS) is 24.3. The molecule has 13 heavy (non-hydrogen) atoms. The van der Waals surface area contributed by atoms with Crippen LogP contribution in [-0.2, 0) is 9.53 Å². The highest BCUT2D eigenvalue weighted by Crippen LogP contribution is 2.25. The SMILES string of the molecule is CCC(CC(=O)OC)C1CCNC1. The number of methoxy groups -OCH3 is 1. The monoisotopic (exact) mass is 185 g/mol. The molecule has 1 rings (SSSR count). The van der Waals surface area contributed by atoms with Crippen LogP contribution in [0.4, 0.5) is 0 Å². The second kappa shape index (κ2) is 5.22. The van der Waals surface area contributed by atoms with Crippen molar-refractivity contribution in [2.24, 2.45) is 11.8 Å². The van der Waals surface area contributed by atoms with Crippen LogP contribution < -0.4 is 5.32 Å². The lowest BCUT2D eigenvalue weighted by molar-refractivity contribution is -0.142. The maximum atomic E-state index is 11.1. The Bertz CT molecular complexity index is 164. The summed E-state index contributed by atoms with van der Waals surface area (Å²) in [6, 6.07) is 0. The van der Waals surface area contributed by atoms with Gasteiger partial charge in [0, 0.05) is 6.42 Å². The van der Waals surface area contributed by atoms with Crippen LogP contribution in [0.5, 0.6) is 0 Å². The molecule has 1 heterocycles. The zero-order chi connectivity index (χ0) is 9.68. The van der Waals surface area contributed by atoms with Gasteiger partial charge in [0.25, 0.3) is 0 Å². The van der Waals surface area contributed by atoms with Gasteiger partial charge in [-0.25, -0.2) is 0 Å². The van der Waals surface area contributed by atoms with Crippen molar-refractivity contribution in [2.45, 2.75) is 26.2 Å². The van der Waals surface area contributed by atoms with Gasteiger partial charge in [-0.15, -0.1) is 0 Å². The average molecular weight is 185 g/mol. The van der Waals surface area contributed by atoms with Crippen LogP contribution in [0.15, 0.2) is 0 Å². The van der Waals surface area contributed by atoms with Gasteiger partial charge in [0.1, 0.15) is 0 Å². The van der Waals surface area contributed by atoms with E-state index < -0.39 is 0 Å². The van der Waals surface area contributed by atoms with E-state index in [0.717, 1.165) is 19.5 Å². The molecule has 0 saturated carbocycles. The molecule has 2 unspecified atom stereocenters. The van der Waals surface area contributed by atoms with E-state index in [1.54, 1.807) is 0 Å². The van der Waals surface area contributed by atoms with Crippen molar-refractivity contribution in [3.63, 3.8) is 0 Å². The zero-order valence-electron chi connectivity index (χ0n) is 8.51. The minimum absolute atomic E-state index is 0.0706. The second-order valence-corrected chi connectivity index (χ2v) is 3.70. The zero-order valence-corrected chi connectivity index (χ0v) is 8.51. The fourth-order valence-electron chi connectivity index (χ4n) is 2.02.